The van der Waals surface area contributed by atoms with Crippen LogP contribution in [-0.4, -0.2) is 22.6 Å². The van der Waals surface area contributed by atoms with E-state index in [1.165, 1.54) is 0 Å². The number of benzene rings is 1. The number of aryl methyl sites for hydroxylation is 1. The molecule has 0 aliphatic carbocycles. The third-order valence-electron chi connectivity index (χ3n) is 3.74. The van der Waals surface area contributed by atoms with E-state index in [1.54, 1.807) is 0 Å². The molecular formula is C17H23N3O2. The van der Waals surface area contributed by atoms with Crippen LogP contribution in [0.4, 0.5) is 0 Å². The zero-order valence-electron chi connectivity index (χ0n) is 13.4. The molecule has 0 unspecified atom stereocenters. The van der Waals surface area contributed by atoms with E-state index in [1.807, 2.05) is 45.0 Å². The van der Waals surface area contributed by atoms with Gasteiger partial charge in [-0.05, 0) is 25.8 Å². The number of carbonyl (C=O) groups is 1. The summed E-state index contributed by atoms with van der Waals surface area (Å²) in [5.41, 5.74) is 2.09. The number of aromatic nitrogens is 2. The fraction of sp³-hybridized carbons (Fsp3) is 0.471. The van der Waals surface area contributed by atoms with Crippen LogP contribution in [0.25, 0.3) is 11.4 Å². The molecule has 0 fully saturated rings. The van der Waals surface area contributed by atoms with Crippen LogP contribution in [0.2, 0.25) is 0 Å². The van der Waals surface area contributed by atoms with Crippen molar-refractivity contribution in [1.29, 1.82) is 0 Å². The number of carbonyl (C=O) groups excluding carboxylic acids is 1. The molecule has 0 atom stereocenters. The number of nitrogens with one attached hydrogen (secondary N) is 1. The summed E-state index contributed by atoms with van der Waals surface area (Å²) in [6.07, 6.45) is 2.27. The molecule has 2 rings (SSSR count). The van der Waals surface area contributed by atoms with Gasteiger partial charge in [0.25, 0.3) is 0 Å². The van der Waals surface area contributed by atoms with Gasteiger partial charge in [-0.25, -0.2) is 0 Å². The molecule has 1 aromatic carbocycles. The first-order valence-electron chi connectivity index (χ1n) is 7.81. The molecular weight excluding hydrogens is 278 g/mol. The lowest BCUT2D eigenvalue weighted by atomic mass is 10.0. The van der Waals surface area contributed by atoms with Gasteiger partial charge in [-0.15, -0.1) is 0 Å². The van der Waals surface area contributed by atoms with Crippen molar-refractivity contribution in [3.8, 4) is 11.4 Å². The highest BCUT2D eigenvalue weighted by atomic mass is 16.5. The van der Waals surface area contributed by atoms with E-state index in [-0.39, 0.29) is 11.8 Å². The zero-order valence-corrected chi connectivity index (χ0v) is 13.4. The van der Waals surface area contributed by atoms with Crippen LogP contribution in [0.3, 0.4) is 0 Å². The summed E-state index contributed by atoms with van der Waals surface area (Å²) in [5, 5.41) is 6.92. The van der Waals surface area contributed by atoms with E-state index in [0.29, 0.717) is 24.7 Å². The summed E-state index contributed by atoms with van der Waals surface area (Å²) in [6.45, 7) is 6.60. The number of hydrogen-bond acceptors (Lipinski definition) is 4. The molecule has 5 nitrogen and oxygen atoms in total. The minimum atomic E-state index is 0.0885. The van der Waals surface area contributed by atoms with E-state index in [2.05, 4.69) is 15.5 Å². The third-order valence-corrected chi connectivity index (χ3v) is 3.74. The van der Waals surface area contributed by atoms with Crippen LogP contribution in [0.5, 0.6) is 0 Å². The van der Waals surface area contributed by atoms with E-state index >= 15 is 0 Å². The van der Waals surface area contributed by atoms with Gasteiger partial charge in [0, 0.05) is 24.4 Å². The van der Waals surface area contributed by atoms with Crippen LogP contribution < -0.4 is 5.32 Å². The fourth-order valence-electron chi connectivity index (χ4n) is 2.35. The van der Waals surface area contributed by atoms with Crippen LogP contribution in [0, 0.1) is 12.8 Å². The van der Waals surface area contributed by atoms with Crippen molar-refractivity contribution in [3.63, 3.8) is 0 Å². The summed E-state index contributed by atoms with van der Waals surface area (Å²) in [6, 6.07) is 7.97. The highest BCUT2D eigenvalue weighted by Gasteiger charge is 2.14. The minimum absolute atomic E-state index is 0.0885. The first-order chi connectivity index (χ1) is 10.6. The number of hydrogen-bond donors (Lipinski definition) is 1. The lowest BCUT2D eigenvalue weighted by molar-refractivity contribution is -0.125. The van der Waals surface area contributed by atoms with Crippen molar-refractivity contribution in [1.82, 2.24) is 15.5 Å². The molecule has 0 bridgehead atoms. The maximum atomic E-state index is 11.9. The molecule has 0 spiro atoms. The van der Waals surface area contributed by atoms with Crippen molar-refractivity contribution < 1.29 is 9.32 Å². The Morgan fingerprint density at radius 1 is 1.32 bits per heavy atom. The Morgan fingerprint density at radius 2 is 2.09 bits per heavy atom. The van der Waals surface area contributed by atoms with Crippen LogP contribution in [0.1, 0.15) is 38.1 Å². The predicted molar refractivity (Wildman–Crippen MR) is 85.3 cm³/mol. The monoisotopic (exact) mass is 301 g/mol. The average molecular weight is 301 g/mol. The van der Waals surface area contributed by atoms with Crippen LogP contribution in [0.15, 0.2) is 28.8 Å². The smallest absolute Gasteiger partial charge is 0.228 e. The fourth-order valence-corrected chi connectivity index (χ4v) is 2.35. The van der Waals surface area contributed by atoms with Gasteiger partial charge in [-0.1, -0.05) is 42.8 Å². The summed E-state index contributed by atoms with van der Waals surface area (Å²) < 4.78 is 5.24. The molecule has 0 saturated heterocycles. The molecule has 1 heterocycles. The summed E-state index contributed by atoms with van der Waals surface area (Å²) in [4.78, 5) is 16.3. The van der Waals surface area contributed by atoms with Gasteiger partial charge in [0.15, 0.2) is 0 Å². The maximum absolute atomic E-state index is 11.9. The summed E-state index contributed by atoms with van der Waals surface area (Å²) >= 11 is 0. The van der Waals surface area contributed by atoms with Gasteiger partial charge in [0.05, 0.1) is 0 Å². The van der Waals surface area contributed by atoms with Crippen LogP contribution in [-0.2, 0) is 11.2 Å². The normalized spacial score (nSPS) is 10.9. The van der Waals surface area contributed by atoms with Gasteiger partial charge in [0.2, 0.25) is 17.6 Å². The molecule has 0 saturated carbocycles. The number of rotatable bonds is 7. The Labute approximate surface area is 131 Å². The highest BCUT2D eigenvalue weighted by molar-refractivity contribution is 5.78. The van der Waals surface area contributed by atoms with Crippen molar-refractivity contribution >= 4 is 5.91 Å². The number of nitrogens with zero attached hydrogens (tertiary/aromatic N) is 2. The Kier molecular flexibility index (Phi) is 5.69. The van der Waals surface area contributed by atoms with E-state index in [0.717, 1.165) is 24.0 Å². The predicted octanol–water partition coefficient (Wildman–Crippen LogP) is 3.14. The van der Waals surface area contributed by atoms with E-state index in [4.69, 9.17) is 4.52 Å². The quantitative estimate of drug-likeness (QED) is 0.853. The molecule has 1 aromatic heterocycles. The average Bonchev–Trinajstić information content (AvgIpc) is 2.97. The Bertz CT molecular complexity index is 618. The molecule has 118 valence electrons. The summed E-state index contributed by atoms with van der Waals surface area (Å²) in [7, 11) is 0. The van der Waals surface area contributed by atoms with Crippen molar-refractivity contribution in [2.24, 2.45) is 5.92 Å². The van der Waals surface area contributed by atoms with Crippen molar-refractivity contribution in [2.75, 3.05) is 6.54 Å². The van der Waals surface area contributed by atoms with Gasteiger partial charge >= 0.3 is 0 Å². The lowest BCUT2D eigenvalue weighted by Crippen LogP contribution is -2.31. The second-order valence-electron chi connectivity index (χ2n) is 5.44. The molecule has 1 amide bonds. The first kappa shape index (κ1) is 16.2. The molecule has 0 aliphatic heterocycles. The SMILES string of the molecule is CCC(CC)C(=O)NCCc1nc(-c2cccc(C)c2)no1. The highest BCUT2D eigenvalue weighted by Crippen LogP contribution is 2.17. The van der Waals surface area contributed by atoms with Gasteiger partial charge in [0.1, 0.15) is 0 Å². The van der Waals surface area contributed by atoms with Gasteiger partial charge in [-0.2, -0.15) is 4.98 Å². The van der Waals surface area contributed by atoms with E-state index in [9.17, 15) is 4.79 Å². The maximum Gasteiger partial charge on any atom is 0.228 e. The van der Waals surface area contributed by atoms with Gasteiger partial charge in [-0.3, -0.25) is 4.79 Å². The standard InChI is InChI=1S/C17H23N3O2/c1-4-13(5-2)17(21)18-10-9-15-19-16(20-22-15)14-8-6-7-12(3)11-14/h6-8,11,13H,4-5,9-10H2,1-3H3,(H,18,21). The Morgan fingerprint density at radius 3 is 2.77 bits per heavy atom. The second kappa shape index (κ2) is 7.73. The zero-order chi connectivity index (χ0) is 15.9. The topological polar surface area (TPSA) is 68.0 Å². The Hall–Kier alpha value is -2.17. The third kappa shape index (κ3) is 4.16. The molecule has 22 heavy (non-hydrogen) atoms. The van der Waals surface area contributed by atoms with Crippen molar-refractivity contribution in [3.05, 3.63) is 35.7 Å². The van der Waals surface area contributed by atoms with Crippen molar-refractivity contribution in [2.45, 2.75) is 40.0 Å². The minimum Gasteiger partial charge on any atom is -0.355 e. The van der Waals surface area contributed by atoms with E-state index < -0.39 is 0 Å². The molecule has 0 aliphatic rings. The molecule has 1 N–H and O–H groups in total. The molecule has 0 radical (unpaired) electrons. The van der Waals surface area contributed by atoms with Gasteiger partial charge < -0.3 is 9.84 Å². The Balaban J connectivity index is 1.89. The lowest BCUT2D eigenvalue weighted by Gasteiger charge is -2.11. The second-order valence-corrected chi connectivity index (χ2v) is 5.44. The molecule has 5 heteroatoms. The van der Waals surface area contributed by atoms with Crippen LogP contribution >= 0.6 is 0 Å². The largest absolute Gasteiger partial charge is 0.355 e. The summed E-state index contributed by atoms with van der Waals surface area (Å²) in [5.74, 6) is 1.32. The number of amides is 1. The first-order valence-corrected chi connectivity index (χ1v) is 7.81. The molecule has 2 aromatic rings.